The second-order valence-corrected chi connectivity index (χ2v) is 5.88. The molecule has 2 N–H and O–H groups in total. The largest absolute Gasteiger partial charge is 0.383 e. The summed E-state index contributed by atoms with van der Waals surface area (Å²) in [6.07, 6.45) is 2.40. The van der Waals surface area contributed by atoms with E-state index >= 15 is 0 Å². The maximum absolute atomic E-state index is 6.22. The van der Waals surface area contributed by atoms with Gasteiger partial charge in [0.2, 0.25) is 0 Å². The summed E-state index contributed by atoms with van der Waals surface area (Å²) in [6, 6.07) is 6.30. The molecule has 1 fully saturated rings. The maximum Gasteiger partial charge on any atom is 0.131 e. The highest BCUT2D eigenvalue weighted by Gasteiger charge is 2.28. The zero-order chi connectivity index (χ0) is 12.9. The minimum Gasteiger partial charge on any atom is -0.383 e. The topological polar surface area (TPSA) is 43.8 Å². The average molecular weight is 327 g/mol. The van der Waals surface area contributed by atoms with Crippen LogP contribution in [-0.4, -0.2) is 9.55 Å². The van der Waals surface area contributed by atoms with Gasteiger partial charge in [0, 0.05) is 16.1 Å². The van der Waals surface area contributed by atoms with Crippen LogP contribution in [0.15, 0.2) is 22.7 Å². The van der Waals surface area contributed by atoms with Gasteiger partial charge in [0.25, 0.3) is 0 Å². The molecule has 0 aliphatic heterocycles. The van der Waals surface area contributed by atoms with Gasteiger partial charge in [-0.05, 0) is 47.8 Å². The highest BCUT2D eigenvalue weighted by molar-refractivity contribution is 9.10. The van der Waals surface area contributed by atoms with Crippen molar-refractivity contribution in [2.24, 2.45) is 0 Å². The summed E-state index contributed by atoms with van der Waals surface area (Å²) in [5.74, 6) is 1.74. The molecule has 0 bridgehead atoms. The number of nitrogens with zero attached hydrogens (tertiary/aromatic N) is 2. The zero-order valence-electron chi connectivity index (χ0n) is 9.95. The summed E-state index contributed by atoms with van der Waals surface area (Å²) in [5, 5.41) is 0.690. The van der Waals surface area contributed by atoms with Gasteiger partial charge in [0.1, 0.15) is 17.3 Å². The second kappa shape index (κ2) is 4.28. The summed E-state index contributed by atoms with van der Waals surface area (Å²) in [7, 11) is 0. The highest BCUT2D eigenvalue weighted by atomic mass is 79.9. The molecule has 0 saturated heterocycles. The van der Waals surface area contributed by atoms with E-state index in [9.17, 15) is 0 Å². The SMILES string of the molecule is Cc1nc(-c2ccc(Cl)c(Br)c2)c(N)n1C1CC1. The molecule has 1 aliphatic carbocycles. The number of hydrogen-bond acceptors (Lipinski definition) is 2. The van der Waals surface area contributed by atoms with Gasteiger partial charge in [-0.3, -0.25) is 0 Å². The van der Waals surface area contributed by atoms with Crippen LogP contribution in [0.2, 0.25) is 5.02 Å². The highest BCUT2D eigenvalue weighted by Crippen LogP contribution is 2.41. The van der Waals surface area contributed by atoms with E-state index < -0.39 is 0 Å². The van der Waals surface area contributed by atoms with E-state index in [0.717, 1.165) is 27.4 Å². The number of hydrogen-bond donors (Lipinski definition) is 1. The van der Waals surface area contributed by atoms with Gasteiger partial charge >= 0.3 is 0 Å². The Morgan fingerprint density at radius 1 is 1.44 bits per heavy atom. The van der Waals surface area contributed by atoms with Crippen LogP contribution in [0.4, 0.5) is 5.82 Å². The molecule has 1 saturated carbocycles. The first-order valence-corrected chi connectivity index (χ1v) is 7.04. The summed E-state index contributed by atoms with van der Waals surface area (Å²) >= 11 is 9.43. The van der Waals surface area contributed by atoms with Crippen LogP contribution in [0, 0.1) is 6.92 Å². The predicted octanol–water partition coefficient (Wildman–Crippen LogP) is 4.19. The van der Waals surface area contributed by atoms with Crippen molar-refractivity contribution in [2.45, 2.75) is 25.8 Å². The van der Waals surface area contributed by atoms with E-state index in [1.165, 1.54) is 12.8 Å². The minimum absolute atomic E-state index is 0.544. The van der Waals surface area contributed by atoms with E-state index in [1.54, 1.807) is 0 Å². The quantitative estimate of drug-likeness (QED) is 0.899. The van der Waals surface area contributed by atoms with Gasteiger partial charge in [0.15, 0.2) is 0 Å². The van der Waals surface area contributed by atoms with Crippen molar-refractivity contribution in [3.8, 4) is 11.3 Å². The van der Waals surface area contributed by atoms with Crippen molar-refractivity contribution in [1.82, 2.24) is 9.55 Å². The lowest BCUT2D eigenvalue weighted by Gasteiger charge is -2.05. The Labute approximate surface area is 119 Å². The fraction of sp³-hybridized carbons (Fsp3) is 0.308. The predicted molar refractivity (Wildman–Crippen MR) is 77.8 cm³/mol. The molecule has 1 aliphatic rings. The molecule has 2 aromatic rings. The Bertz CT molecular complexity index is 617. The first-order chi connectivity index (χ1) is 8.58. The number of benzene rings is 1. The average Bonchev–Trinajstić information content (AvgIpc) is 3.10. The van der Waals surface area contributed by atoms with Gasteiger partial charge in [-0.2, -0.15) is 0 Å². The number of rotatable bonds is 2. The normalized spacial score (nSPS) is 15.1. The van der Waals surface area contributed by atoms with E-state index in [1.807, 2.05) is 25.1 Å². The summed E-state index contributed by atoms with van der Waals surface area (Å²) < 4.78 is 3.00. The lowest BCUT2D eigenvalue weighted by atomic mass is 10.1. The molecule has 1 aromatic heterocycles. The summed E-state index contributed by atoms with van der Waals surface area (Å²) in [6.45, 7) is 2.00. The lowest BCUT2D eigenvalue weighted by molar-refractivity contribution is 0.720. The second-order valence-electron chi connectivity index (χ2n) is 4.62. The Kier molecular flexibility index (Phi) is 2.87. The smallest absolute Gasteiger partial charge is 0.131 e. The first kappa shape index (κ1) is 12.1. The molecule has 0 amide bonds. The third-order valence-electron chi connectivity index (χ3n) is 3.23. The summed E-state index contributed by atoms with van der Waals surface area (Å²) in [4.78, 5) is 4.59. The molecule has 1 heterocycles. The molecule has 3 rings (SSSR count). The monoisotopic (exact) mass is 325 g/mol. The van der Waals surface area contributed by atoms with Crippen molar-refractivity contribution in [2.75, 3.05) is 5.73 Å². The van der Waals surface area contributed by atoms with Crippen LogP contribution in [-0.2, 0) is 0 Å². The molecule has 3 nitrogen and oxygen atoms in total. The van der Waals surface area contributed by atoms with Crippen LogP contribution in [0.1, 0.15) is 24.7 Å². The number of nitrogens with two attached hydrogens (primary N) is 1. The van der Waals surface area contributed by atoms with Crippen molar-refractivity contribution >= 4 is 33.3 Å². The first-order valence-electron chi connectivity index (χ1n) is 5.87. The Morgan fingerprint density at radius 3 is 2.78 bits per heavy atom. The van der Waals surface area contributed by atoms with Gasteiger partial charge in [-0.15, -0.1) is 0 Å². The van der Waals surface area contributed by atoms with Gasteiger partial charge < -0.3 is 10.3 Å². The molecule has 5 heteroatoms. The van der Waals surface area contributed by atoms with Crippen LogP contribution in [0.25, 0.3) is 11.3 Å². The molecule has 0 atom stereocenters. The standard InChI is InChI=1S/C13H13BrClN3/c1-7-17-12(13(16)18(7)9-3-4-9)8-2-5-11(15)10(14)6-8/h2,5-6,9H,3-4,16H2,1H3. The van der Waals surface area contributed by atoms with Crippen LogP contribution in [0.5, 0.6) is 0 Å². The number of aromatic nitrogens is 2. The van der Waals surface area contributed by atoms with Crippen molar-refractivity contribution in [3.05, 3.63) is 33.5 Å². The van der Waals surface area contributed by atoms with Crippen LogP contribution >= 0.6 is 27.5 Å². The maximum atomic E-state index is 6.22. The lowest BCUT2D eigenvalue weighted by Crippen LogP contribution is -2.02. The third kappa shape index (κ3) is 1.93. The van der Waals surface area contributed by atoms with Crippen LogP contribution < -0.4 is 5.73 Å². The molecule has 94 valence electrons. The molecule has 18 heavy (non-hydrogen) atoms. The van der Waals surface area contributed by atoms with Gasteiger partial charge in [-0.25, -0.2) is 4.98 Å². The van der Waals surface area contributed by atoms with E-state index in [0.29, 0.717) is 11.1 Å². The number of halogens is 2. The zero-order valence-corrected chi connectivity index (χ0v) is 12.3. The minimum atomic E-state index is 0.544. The molecular formula is C13H13BrClN3. The fourth-order valence-corrected chi connectivity index (χ4v) is 2.71. The molecule has 0 spiro atoms. The Morgan fingerprint density at radius 2 is 2.17 bits per heavy atom. The number of anilines is 1. The van der Waals surface area contributed by atoms with E-state index in [2.05, 4.69) is 25.5 Å². The molecule has 0 unspecified atom stereocenters. The Balaban J connectivity index is 2.11. The van der Waals surface area contributed by atoms with E-state index in [4.69, 9.17) is 17.3 Å². The van der Waals surface area contributed by atoms with Crippen LogP contribution in [0.3, 0.4) is 0 Å². The van der Waals surface area contributed by atoms with Gasteiger partial charge in [-0.1, -0.05) is 17.7 Å². The molecular weight excluding hydrogens is 314 g/mol. The van der Waals surface area contributed by atoms with E-state index in [-0.39, 0.29) is 0 Å². The number of imidazole rings is 1. The molecule has 0 radical (unpaired) electrons. The summed E-state index contributed by atoms with van der Waals surface area (Å²) in [5.41, 5.74) is 8.05. The van der Waals surface area contributed by atoms with Crippen molar-refractivity contribution in [3.63, 3.8) is 0 Å². The fourth-order valence-electron chi connectivity index (χ4n) is 2.21. The third-order valence-corrected chi connectivity index (χ3v) is 4.44. The number of aryl methyl sites for hydroxylation is 1. The molecule has 1 aromatic carbocycles. The Hall–Kier alpha value is -1.00. The van der Waals surface area contributed by atoms with Crippen molar-refractivity contribution < 1.29 is 0 Å². The van der Waals surface area contributed by atoms with Crippen molar-refractivity contribution in [1.29, 1.82) is 0 Å². The number of nitrogen functional groups attached to an aromatic ring is 1. The van der Waals surface area contributed by atoms with Gasteiger partial charge in [0.05, 0.1) is 5.02 Å².